The van der Waals surface area contributed by atoms with Gasteiger partial charge in [0.2, 0.25) is 5.91 Å². The molecule has 0 spiro atoms. The van der Waals surface area contributed by atoms with Crippen LogP contribution in [0, 0.1) is 0 Å². The molecule has 0 bridgehead atoms. The number of carbonyl (C=O) groups is 1. The highest BCUT2D eigenvalue weighted by atomic mass is 16.2. The first-order chi connectivity index (χ1) is 6.25. The van der Waals surface area contributed by atoms with Crippen LogP contribution >= 0.6 is 0 Å². The average Bonchev–Trinajstić information content (AvgIpc) is 2.47. The molecule has 0 aromatic heterocycles. The molecule has 1 aliphatic heterocycles. The standard InChI is InChI=1S/C9H17NO.C2H6/c1-3-4-7-10-8(2)5-6-9(10)11;1-2/h8H,3-7H2,1-2H3;1-2H3. The first kappa shape index (κ1) is 12.5. The molecule has 1 aliphatic rings. The zero-order chi connectivity index (χ0) is 10.3. The number of unbranched alkanes of at least 4 members (excludes halogenated alkanes) is 1. The minimum absolute atomic E-state index is 0.353. The lowest BCUT2D eigenvalue weighted by molar-refractivity contribution is -0.128. The lowest BCUT2D eigenvalue weighted by atomic mass is 10.2. The summed E-state index contributed by atoms with van der Waals surface area (Å²) in [7, 11) is 0. The molecule has 1 heterocycles. The summed E-state index contributed by atoms with van der Waals surface area (Å²) in [6, 6.07) is 0.494. The van der Waals surface area contributed by atoms with Gasteiger partial charge in [-0.05, 0) is 19.8 Å². The maximum atomic E-state index is 11.2. The van der Waals surface area contributed by atoms with Crippen LogP contribution < -0.4 is 0 Å². The molecule has 1 fully saturated rings. The minimum atomic E-state index is 0.353. The Morgan fingerprint density at radius 2 is 2.08 bits per heavy atom. The number of nitrogens with zero attached hydrogens (tertiary/aromatic N) is 1. The molecule has 0 radical (unpaired) electrons. The van der Waals surface area contributed by atoms with E-state index in [9.17, 15) is 4.79 Å². The first-order valence-corrected chi connectivity index (χ1v) is 5.55. The largest absolute Gasteiger partial charge is 0.340 e. The second-order valence-electron chi connectivity index (χ2n) is 3.33. The van der Waals surface area contributed by atoms with Gasteiger partial charge in [-0.1, -0.05) is 27.2 Å². The summed E-state index contributed by atoms with van der Waals surface area (Å²) in [4.78, 5) is 13.2. The van der Waals surface area contributed by atoms with Crippen molar-refractivity contribution in [2.24, 2.45) is 0 Å². The van der Waals surface area contributed by atoms with Crippen molar-refractivity contribution >= 4 is 5.91 Å². The third-order valence-corrected chi connectivity index (χ3v) is 2.38. The van der Waals surface area contributed by atoms with Gasteiger partial charge >= 0.3 is 0 Å². The van der Waals surface area contributed by atoms with Crippen LogP contribution in [0.2, 0.25) is 0 Å². The minimum Gasteiger partial charge on any atom is -0.340 e. The van der Waals surface area contributed by atoms with Gasteiger partial charge < -0.3 is 4.90 Å². The van der Waals surface area contributed by atoms with Gasteiger partial charge in [0, 0.05) is 19.0 Å². The van der Waals surface area contributed by atoms with E-state index in [0.29, 0.717) is 11.9 Å². The average molecular weight is 185 g/mol. The molecule has 1 rings (SSSR count). The van der Waals surface area contributed by atoms with Crippen molar-refractivity contribution in [1.29, 1.82) is 0 Å². The lowest BCUT2D eigenvalue weighted by Gasteiger charge is -2.20. The summed E-state index contributed by atoms with van der Waals surface area (Å²) >= 11 is 0. The molecule has 1 saturated heterocycles. The van der Waals surface area contributed by atoms with E-state index in [2.05, 4.69) is 13.8 Å². The lowest BCUT2D eigenvalue weighted by Crippen LogP contribution is -2.31. The van der Waals surface area contributed by atoms with Crippen LogP contribution in [0.1, 0.15) is 53.4 Å². The molecule has 78 valence electrons. The highest BCUT2D eigenvalue weighted by molar-refractivity contribution is 5.78. The highest BCUT2D eigenvalue weighted by Crippen LogP contribution is 2.18. The van der Waals surface area contributed by atoms with Gasteiger partial charge in [0.25, 0.3) is 0 Å². The van der Waals surface area contributed by atoms with Gasteiger partial charge in [0.1, 0.15) is 0 Å². The summed E-state index contributed by atoms with van der Waals surface area (Å²) < 4.78 is 0. The fourth-order valence-electron chi connectivity index (χ4n) is 1.55. The Morgan fingerprint density at radius 3 is 2.46 bits per heavy atom. The van der Waals surface area contributed by atoms with Crippen molar-refractivity contribution in [3.8, 4) is 0 Å². The van der Waals surface area contributed by atoms with Crippen LogP contribution in [0.5, 0.6) is 0 Å². The van der Waals surface area contributed by atoms with Crippen LogP contribution in [0.4, 0.5) is 0 Å². The molecule has 2 heteroatoms. The smallest absolute Gasteiger partial charge is 0.222 e. The van der Waals surface area contributed by atoms with Gasteiger partial charge in [0.05, 0.1) is 0 Å². The Bertz CT molecular complexity index is 145. The summed E-state index contributed by atoms with van der Waals surface area (Å²) in [6.07, 6.45) is 4.15. The molecule has 0 aliphatic carbocycles. The van der Waals surface area contributed by atoms with Gasteiger partial charge in [-0.25, -0.2) is 0 Å². The van der Waals surface area contributed by atoms with Crippen LogP contribution in [0.15, 0.2) is 0 Å². The van der Waals surface area contributed by atoms with E-state index >= 15 is 0 Å². The van der Waals surface area contributed by atoms with E-state index in [1.807, 2.05) is 18.7 Å². The highest BCUT2D eigenvalue weighted by Gasteiger charge is 2.26. The third kappa shape index (κ3) is 3.79. The number of likely N-dealkylation sites (tertiary alicyclic amines) is 1. The summed E-state index contributed by atoms with van der Waals surface area (Å²) in [6.45, 7) is 9.27. The van der Waals surface area contributed by atoms with E-state index in [1.54, 1.807) is 0 Å². The van der Waals surface area contributed by atoms with E-state index < -0.39 is 0 Å². The number of hydrogen-bond donors (Lipinski definition) is 0. The molecule has 2 nitrogen and oxygen atoms in total. The van der Waals surface area contributed by atoms with Gasteiger partial charge in [0.15, 0.2) is 0 Å². The summed E-state index contributed by atoms with van der Waals surface area (Å²) in [5.41, 5.74) is 0. The predicted molar refractivity (Wildman–Crippen MR) is 56.7 cm³/mol. The van der Waals surface area contributed by atoms with Crippen LogP contribution in [-0.4, -0.2) is 23.4 Å². The van der Waals surface area contributed by atoms with Crippen molar-refractivity contribution in [3.63, 3.8) is 0 Å². The molecule has 0 aromatic rings. The monoisotopic (exact) mass is 185 g/mol. The van der Waals surface area contributed by atoms with Crippen molar-refractivity contribution in [1.82, 2.24) is 4.90 Å². The van der Waals surface area contributed by atoms with Crippen molar-refractivity contribution in [3.05, 3.63) is 0 Å². The van der Waals surface area contributed by atoms with E-state index in [1.165, 1.54) is 6.42 Å². The quantitative estimate of drug-likeness (QED) is 0.662. The fourth-order valence-corrected chi connectivity index (χ4v) is 1.55. The van der Waals surface area contributed by atoms with Crippen LogP contribution in [0.3, 0.4) is 0 Å². The first-order valence-electron chi connectivity index (χ1n) is 5.55. The van der Waals surface area contributed by atoms with E-state index in [4.69, 9.17) is 0 Å². The molecule has 1 amide bonds. The fraction of sp³-hybridized carbons (Fsp3) is 0.909. The Kier molecular flexibility index (Phi) is 6.65. The molecule has 0 aromatic carbocycles. The Balaban J connectivity index is 0.000000671. The SMILES string of the molecule is CC.CCCCN1C(=O)CCC1C. The molecule has 13 heavy (non-hydrogen) atoms. The number of rotatable bonds is 3. The number of hydrogen-bond acceptors (Lipinski definition) is 1. The van der Waals surface area contributed by atoms with Crippen molar-refractivity contribution in [2.45, 2.75) is 59.4 Å². The van der Waals surface area contributed by atoms with Crippen molar-refractivity contribution < 1.29 is 4.79 Å². The number of amides is 1. The molecule has 1 atom stereocenters. The van der Waals surface area contributed by atoms with Crippen LogP contribution in [-0.2, 0) is 4.79 Å². The topological polar surface area (TPSA) is 20.3 Å². The normalized spacial score (nSPS) is 21.4. The molecule has 0 N–H and O–H groups in total. The van der Waals surface area contributed by atoms with Gasteiger partial charge in [-0.3, -0.25) is 4.79 Å². The van der Waals surface area contributed by atoms with Crippen LogP contribution in [0.25, 0.3) is 0 Å². The van der Waals surface area contributed by atoms with Gasteiger partial charge in [-0.15, -0.1) is 0 Å². The Labute approximate surface area is 82.3 Å². The molecule has 1 unspecified atom stereocenters. The van der Waals surface area contributed by atoms with Gasteiger partial charge in [-0.2, -0.15) is 0 Å². The second kappa shape index (κ2) is 6.93. The van der Waals surface area contributed by atoms with Crippen molar-refractivity contribution in [2.75, 3.05) is 6.54 Å². The Morgan fingerprint density at radius 1 is 1.46 bits per heavy atom. The Hall–Kier alpha value is -0.530. The maximum absolute atomic E-state index is 11.2. The zero-order valence-corrected chi connectivity index (χ0v) is 9.47. The summed E-state index contributed by atoms with van der Waals surface area (Å²) in [5, 5.41) is 0. The zero-order valence-electron chi connectivity index (χ0n) is 9.47. The van der Waals surface area contributed by atoms with E-state index in [-0.39, 0.29) is 0 Å². The summed E-state index contributed by atoms with van der Waals surface area (Å²) in [5.74, 6) is 0.353. The van der Waals surface area contributed by atoms with E-state index in [0.717, 1.165) is 25.8 Å². The second-order valence-corrected chi connectivity index (χ2v) is 3.33. The molecular formula is C11H23NO. The third-order valence-electron chi connectivity index (χ3n) is 2.38. The maximum Gasteiger partial charge on any atom is 0.222 e. The predicted octanol–water partition coefficient (Wildman–Crippen LogP) is 2.82. The molecule has 0 saturated carbocycles. The molecular weight excluding hydrogens is 162 g/mol. The number of carbonyl (C=O) groups excluding carboxylic acids is 1.